The minimum absolute atomic E-state index is 0.0126. The summed E-state index contributed by atoms with van der Waals surface area (Å²) in [5.74, 6) is 0.639. The number of rotatable bonds is 4. The molecule has 1 aliphatic carbocycles. The van der Waals surface area contributed by atoms with Crippen LogP contribution in [0.4, 0.5) is 0 Å². The number of benzene rings is 2. The van der Waals surface area contributed by atoms with Gasteiger partial charge in [-0.15, -0.1) is 0 Å². The molecule has 5 rings (SSSR count). The number of hydrogen-bond donors (Lipinski definition) is 0. The fourth-order valence-corrected chi connectivity index (χ4v) is 3.98. The highest BCUT2D eigenvalue weighted by Crippen LogP contribution is 2.42. The molecule has 2 aliphatic rings. The largest absolute Gasteiger partial charge is 0.457 e. The Kier molecular flexibility index (Phi) is 4.28. The Morgan fingerprint density at radius 1 is 1.04 bits per heavy atom. The first-order chi connectivity index (χ1) is 13.3. The van der Waals surface area contributed by atoms with Crippen molar-refractivity contribution in [3.63, 3.8) is 0 Å². The van der Waals surface area contributed by atoms with E-state index in [4.69, 9.17) is 13.9 Å². The number of carbonyl (C=O) groups is 1. The zero-order valence-electron chi connectivity index (χ0n) is 15.0. The fourth-order valence-electron chi connectivity index (χ4n) is 3.98. The van der Waals surface area contributed by atoms with E-state index in [0.717, 1.165) is 49.4 Å². The number of fused-ring (bicyclic) bond motifs is 4. The Bertz CT molecular complexity index is 987. The summed E-state index contributed by atoms with van der Waals surface area (Å²) in [6.45, 7) is 4.82. The van der Waals surface area contributed by atoms with Gasteiger partial charge >= 0.3 is 0 Å². The molecular formula is C22H21NO4. The van der Waals surface area contributed by atoms with Gasteiger partial charge in [0.25, 0.3) is 0 Å². The number of nitrogens with zero attached hydrogens (tertiary/aromatic N) is 1. The molecule has 5 nitrogen and oxygen atoms in total. The third-order valence-electron chi connectivity index (χ3n) is 5.37. The second-order valence-corrected chi connectivity index (χ2v) is 6.96. The number of para-hydroxylation sites is 1. The maximum absolute atomic E-state index is 13.1. The molecule has 0 spiro atoms. The second-order valence-electron chi connectivity index (χ2n) is 6.96. The van der Waals surface area contributed by atoms with E-state index < -0.39 is 0 Å². The molecule has 0 radical (unpaired) electrons. The van der Waals surface area contributed by atoms with Crippen molar-refractivity contribution in [2.45, 2.75) is 6.10 Å². The molecule has 1 aromatic heterocycles. The topological polar surface area (TPSA) is 51.9 Å². The van der Waals surface area contributed by atoms with Gasteiger partial charge in [0.15, 0.2) is 5.78 Å². The molecule has 1 saturated heterocycles. The smallest absolute Gasteiger partial charge is 0.197 e. The summed E-state index contributed by atoms with van der Waals surface area (Å²) in [6, 6.07) is 15.4. The molecule has 1 atom stereocenters. The maximum Gasteiger partial charge on any atom is 0.197 e. The van der Waals surface area contributed by atoms with E-state index in [1.165, 1.54) is 0 Å². The van der Waals surface area contributed by atoms with Gasteiger partial charge in [0.1, 0.15) is 17.4 Å². The van der Waals surface area contributed by atoms with Crippen molar-refractivity contribution in [3.8, 4) is 0 Å². The predicted octanol–water partition coefficient (Wildman–Crippen LogP) is 3.42. The second kappa shape index (κ2) is 6.93. The van der Waals surface area contributed by atoms with Crippen LogP contribution >= 0.6 is 0 Å². The molecule has 2 aromatic carbocycles. The Morgan fingerprint density at radius 2 is 1.81 bits per heavy atom. The lowest BCUT2D eigenvalue weighted by molar-refractivity contribution is 0.00537. The van der Waals surface area contributed by atoms with Crippen LogP contribution in [-0.4, -0.2) is 50.1 Å². The molecule has 2 heterocycles. The van der Waals surface area contributed by atoms with Gasteiger partial charge in [0, 0.05) is 30.6 Å². The van der Waals surface area contributed by atoms with E-state index in [0.29, 0.717) is 23.5 Å². The van der Waals surface area contributed by atoms with Crippen LogP contribution < -0.4 is 0 Å². The lowest BCUT2D eigenvalue weighted by Gasteiger charge is -2.28. The molecule has 0 amide bonds. The number of morpholine rings is 1. The zero-order valence-corrected chi connectivity index (χ0v) is 15.0. The third kappa shape index (κ3) is 2.88. The number of hydrogen-bond acceptors (Lipinski definition) is 5. The molecule has 5 heteroatoms. The van der Waals surface area contributed by atoms with Gasteiger partial charge in [-0.1, -0.05) is 42.5 Å². The first kappa shape index (κ1) is 16.7. The van der Waals surface area contributed by atoms with E-state index in [-0.39, 0.29) is 11.9 Å². The zero-order chi connectivity index (χ0) is 18.2. The first-order valence-corrected chi connectivity index (χ1v) is 9.39. The molecule has 0 bridgehead atoms. The van der Waals surface area contributed by atoms with Crippen molar-refractivity contribution < 1.29 is 18.7 Å². The maximum atomic E-state index is 13.1. The van der Waals surface area contributed by atoms with Gasteiger partial charge in [-0.05, 0) is 11.6 Å². The molecule has 1 fully saturated rings. The van der Waals surface area contributed by atoms with Crippen LogP contribution in [0.15, 0.2) is 52.9 Å². The lowest BCUT2D eigenvalue weighted by atomic mass is 9.86. The Balaban J connectivity index is 1.49. The van der Waals surface area contributed by atoms with Crippen molar-refractivity contribution in [1.82, 2.24) is 4.90 Å². The Morgan fingerprint density at radius 3 is 2.70 bits per heavy atom. The van der Waals surface area contributed by atoms with Crippen LogP contribution in [0, 0.1) is 0 Å². The van der Waals surface area contributed by atoms with Gasteiger partial charge in [-0.3, -0.25) is 9.69 Å². The van der Waals surface area contributed by atoms with Gasteiger partial charge < -0.3 is 13.9 Å². The van der Waals surface area contributed by atoms with Crippen LogP contribution in [0.25, 0.3) is 11.0 Å². The molecule has 27 heavy (non-hydrogen) atoms. The number of ether oxygens (including phenoxy) is 2. The predicted molar refractivity (Wildman–Crippen MR) is 101 cm³/mol. The third-order valence-corrected chi connectivity index (χ3v) is 5.37. The van der Waals surface area contributed by atoms with Crippen LogP contribution in [0.1, 0.15) is 33.3 Å². The van der Waals surface area contributed by atoms with Gasteiger partial charge in [0.05, 0.1) is 25.4 Å². The summed E-state index contributed by atoms with van der Waals surface area (Å²) in [5.41, 5.74) is 2.95. The summed E-state index contributed by atoms with van der Waals surface area (Å²) >= 11 is 0. The highest BCUT2D eigenvalue weighted by atomic mass is 16.5. The van der Waals surface area contributed by atoms with Crippen molar-refractivity contribution in [3.05, 3.63) is 71.0 Å². The van der Waals surface area contributed by atoms with E-state index >= 15 is 0 Å². The normalized spacial score (nSPS) is 19.9. The van der Waals surface area contributed by atoms with Crippen LogP contribution in [-0.2, 0) is 9.47 Å². The quantitative estimate of drug-likeness (QED) is 0.711. The van der Waals surface area contributed by atoms with Gasteiger partial charge in [-0.2, -0.15) is 0 Å². The summed E-state index contributed by atoms with van der Waals surface area (Å²) in [4.78, 5) is 15.4. The molecule has 0 saturated carbocycles. The van der Waals surface area contributed by atoms with E-state index in [1.807, 2.05) is 48.5 Å². The molecule has 1 aliphatic heterocycles. The summed E-state index contributed by atoms with van der Waals surface area (Å²) < 4.78 is 17.8. The summed E-state index contributed by atoms with van der Waals surface area (Å²) in [6.07, 6.45) is -0.359. The van der Waals surface area contributed by atoms with Crippen LogP contribution in [0.2, 0.25) is 0 Å². The number of carbonyl (C=O) groups excluding carboxylic acids is 1. The van der Waals surface area contributed by atoms with Crippen LogP contribution in [0.3, 0.4) is 0 Å². The minimum Gasteiger partial charge on any atom is -0.457 e. The summed E-state index contributed by atoms with van der Waals surface area (Å²) in [7, 11) is 0. The molecule has 0 N–H and O–H groups in total. The molecule has 3 aromatic rings. The molecule has 138 valence electrons. The SMILES string of the molecule is O=C1c2ccccc2C(OCCN2CCOCC2)c2oc3ccccc3c21. The number of furan rings is 1. The minimum atomic E-state index is -0.359. The van der Waals surface area contributed by atoms with Crippen molar-refractivity contribution >= 4 is 16.8 Å². The van der Waals surface area contributed by atoms with Gasteiger partial charge in [0.2, 0.25) is 0 Å². The van der Waals surface area contributed by atoms with E-state index in [1.54, 1.807) is 0 Å². The highest BCUT2D eigenvalue weighted by molar-refractivity contribution is 6.19. The van der Waals surface area contributed by atoms with Crippen molar-refractivity contribution in [1.29, 1.82) is 0 Å². The van der Waals surface area contributed by atoms with Crippen molar-refractivity contribution in [2.75, 3.05) is 39.5 Å². The average Bonchev–Trinajstić information content (AvgIpc) is 3.11. The number of ketones is 1. The standard InChI is InChI=1S/C22H21NO4/c24-20-15-5-1-2-6-16(15)21(26-14-11-23-9-12-25-13-10-23)22-19(20)17-7-3-4-8-18(17)27-22/h1-8,21H,9-14H2. The average molecular weight is 363 g/mol. The van der Waals surface area contributed by atoms with Gasteiger partial charge in [-0.25, -0.2) is 0 Å². The highest BCUT2D eigenvalue weighted by Gasteiger charge is 2.36. The van der Waals surface area contributed by atoms with Crippen LogP contribution in [0.5, 0.6) is 0 Å². The van der Waals surface area contributed by atoms with Crippen molar-refractivity contribution in [2.24, 2.45) is 0 Å². The van der Waals surface area contributed by atoms with E-state index in [2.05, 4.69) is 4.90 Å². The lowest BCUT2D eigenvalue weighted by Crippen LogP contribution is -2.38. The first-order valence-electron chi connectivity index (χ1n) is 9.39. The summed E-state index contributed by atoms with van der Waals surface area (Å²) in [5, 5.41) is 0.855. The Hall–Kier alpha value is -2.47. The molecule has 1 unspecified atom stereocenters. The van der Waals surface area contributed by atoms with E-state index in [9.17, 15) is 4.79 Å². The Labute approximate surface area is 157 Å². The fraction of sp³-hybridized carbons (Fsp3) is 0.318. The monoisotopic (exact) mass is 363 g/mol. The molecular weight excluding hydrogens is 342 g/mol.